The number of carbonyl (C=O) groups excluding carboxylic acids is 1. The first kappa shape index (κ1) is 15.7. The lowest BCUT2D eigenvalue weighted by atomic mass is 10.0. The van der Waals surface area contributed by atoms with E-state index in [-0.39, 0.29) is 11.9 Å². The number of thiophene rings is 1. The standard InChI is InChI=1S/C13H18ClN3OS2/c1-8-7-20-12(11(8)14)13(18)16-9-2-4-17(5-3-9)6-10(15)19/h7,9H,2-6H2,1H3,(H2,15,19)(H,16,18). The molecule has 0 spiro atoms. The van der Waals surface area contributed by atoms with Crippen molar-refractivity contribution in [3.63, 3.8) is 0 Å². The molecular formula is C13H18ClN3OS2. The first-order valence-corrected chi connectivity index (χ1v) is 8.19. The van der Waals surface area contributed by atoms with Gasteiger partial charge in [0.25, 0.3) is 5.91 Å². The number of amides is 1. The zero-order chi connectivity index (χ0) is 14.7. The van der Waals surface area contributed by atoms with Crippen molar-refractivity contribution in [1.82, 2.24) is 10.2 Å². The number of piperidine rings is 1. The van der Waals surface area contributed by atoms with Gasteiger partial charge in [-0.2, -0.15) is 0 Å². The van der Waals surface area contributed by atoms with Crippen LogP contribution < -0.4 is 11.1 Å². The van der Waals surface area contributed by atoms with Crippen LogP contribution in [0.4, 0.5) is 0 Å². The summed E-state index contributed by atoms with van der Waals surface area (Å²) in [6.45, 7) is 4.37. The number of hydrogen-bond donors (Lipinski definition) is 2. The summed E-state index contributed by atoms with van der Waals surface area (Å²) in [5, 5.41) is 5.53. The molecule has 0 aliphatic carbocycles. The Labute approximate surface area is 133 Å². The van der Waals surface area contributed by atoms with Crippen LogP contribution in [0.3, 0.4) is 0 Å². The number of halogens is 1. The number of nitrogens with two attached hydrogens (primary N) is 1. The molecule has 2 rings (SSSR count). The molecule has 3 N–H and O–H groups in total. The average molecular weight is 332 g/mol. The highest BCUT2D eigenvalue weighted by molar-refractivity contribution is 7.80. The van der Waals surface area contributed by atoms with Gasteiger partial charge in [0.2, 0.25) is 0 Å². The van der Waals surface area contributed by atoms with Gasteiger partial charge in [0, 0.05) is 25.7 Å². The van der Waals surface area contributed by atoms with Crippen molar-refractivity contribution < 1.29 is 4.79 Å². The third-order valence-electron chi connectivity index (χ3n) is 3.41. The topological polar surface area (TPSA) is 58.4 Å². The second-order valence-corrected chi connectivity index (χ2v) is 6.83. The molecule has 0 radical (unpaired) electrons. The maximum Gasteiger partial charge on any atom is 0.263 e. The van der Waals surface area contributed by atoms with E-state index >= 15 is 0 Å². The maximum atomic E-state index is 12.2. The summed E-state index contributed by atoms with van der Waals surface area (Å²) in [5.74, 6) is -0.0686. The van der Waals surface area contributed by atoms with Crippen molar-refractivity contribution in [3.8, 4) is 0 Å². The summed E-state index contributed by atoms with van der Waals surface area (Å²) < 4.78 is 0. The van der Waals surface area contributed by atoms with Crippen LogP contribution in [0.2, 0.25) is 5.02 Å². The summed E-state index contributed by atoms with van der Waals surface area (Å²) >= 11 is 12.4. The van der Waals surface area contributed by atoms with E-state index in [1.54, 1.807) is 0 Å². The third kappa shape index (κ3) is 3.91. The van der Waals surface area contributed by atoms with Gasteiger partial charge >= 0.3 is 0 Å². The number of thiocarbonyl (C=S) groups is 1. The third-order valence-corrected chi connectivity index (χ3v) is 5.23. The summed E-state index contributed by atoms with van der Waals surface area (Å²) in [5.41, 5.74) is 6.49. The number of rotatable bonds is 4. The van der Waals surface area contributed by atoms with Gasteiger partial charge in [0.05, 0.1) is 10.0 Å². The highest BCUT2D eigenvalue weighted by Gasteiger charge is 2.23. The highest BCUT2D eigenvalue weighted by atomic mass is 35.5. The number of likely N-dealkylation sites (tertiary alicyclic amines) is 1. The Morgan fingerprint density at radius 2 is 2.25 bits per heavy atom. The van der Waals surface area contributed by atoms with E-state index in [1.807, 2.05) is 12.3 Å². The summed E-state index contributed by atoms with van der Waals surface area (Å²) in [6, 6.07) is 0.198. The van der Waals surface area contributed by atoms with Crippen molar-refractivity contribution >= 4 is 46.1 Å². The quantitative estimate of drug-likeness (QED) is 0.830. The Hall–Kier alpha value is -0.690. The predicted molar refractivity (Wildman–Crippen MR) is 87.8 cm³/mol. The monoisotopic (exact) mass is 331 g/mol. The second kappa shape index (κ2) is 6.85. The Morgan fingerprint density at radius 3 is 2.75 bits per heavy atom. The lowest BCUT2D eigenvalue weighted by molar-refractivity contribution is 0.0919. The van der Waals surface area contributed by atoms with Crippen LogP contribution in [0.5, 0.6) is 0 Å². The maximum absolute atomic E-state index is 12.2. The fourth-order valence-corrected chi connectivity index (χ4v) is 3.65. The van der Waals surface area contributed by atoms with Crippen molar-refractivity contribution in [2.45, 2.75) is 25.8 Å². The molecule has 0 aromatic carbocycles. The molecule has 20 heavy (non-hydrogen) atoms. The molecule has 0 bridgehead atoms. The molecule has 2 heterocycles. The fourth-order valence-electron chi connectivity index (χ4n) is 2.29. The molecule has 4 nitrogen and oxygen atoms in total. The van der Waals surface area contributed by atoms with Gasteiger partial charge in [-0.15, -0.1) is 11.3 Å². The molecular weight excluding hydrogens is 314 g/mol. The van der Waals surface area contributed by atoms with Crippen molar-refractivity contribution in [3.05, 3.63) is 20.8 Å². The van der Waals surface area contributed by atoms with E-state index in [2.05, 4.69) is 10.2 Å². The molecule has 1 saturated heterocycles. The Kier molecular flexibility index (Phi) is 5.37. The SMILES string of the molecule is Cc1csc(C(=O)NC2CCN(CC(N)=S)CC2)c1Cl. The molecule has 110 valence electrons. The van der Waals surface area contributed by atoms with Gasteiger partial charge in [-0.25, -0.2) is 0 Å². The van der Waals surface area contributed by atoms with Crippen LogP contribution >= 0.6 is 35.2 Å². The lowest BCUT2D eigenvalue weighted by Gasteiger charge is -2.31. The Morgan fingerprint density at radius 1 is 1.60 bits per heavy atom. The van der Waals surface area contributed by atoms with Gasteiger partial charge in [-0.1, -0.05) is 23.8 Å². The number of nitrogens with one attached hydrogen (secondary N) is 1. The normalized spacial score (nSPS) is 17.1. The van der Waals surface area contributed by atoms with E-state index < -0.39 is 0 Å². The Bertz CT molecular complexity index is 510. The molecule has 0 atom stereocenters. The fraction of sp³-hybridized carbons (Fsp3) is 0.538. The predicted octanol–water partition coefficient (Wildman–Crippen LogP) is 2.19. The second-order valence-electron chi connectivity index (χ2n) is 5.05. The largest absolute Gasteiger partial charge is 0.392 e. The van der Waals surface area contributed by atoms with E-state index in [4.69, 9.17) is 29.6 Å². The molecule has 1 aromatic heterocycles. The van der Waals surface area contributed by atoms with Gasteiger partial charge in [-0.3, -0.25) is 9.69 Å². The molecule has 1 aliphatic rings. The molecule has 1 aliphatic heterocycles. The van der Waals surface area contributed by atoms with Crippen LogP contribution in [0, 0.1) is 6.92 Å². The van der Waals surface area contributed by atoms with Crippen molar-refractivity contribution in [2.75, 3.05) is 19.6 Å². The van der Waals surface area contributed by atoms with Gasteiger partial charge in [-0.05, 0) is 30.7 Å². The van der Waals surface area contributed by atoms with Crippen LogP contribution in [-0.2, 0) is 0 Å². The molecule has 7 heteroatoms. The zero-order valence-electron chi connectivity index (χ0n) is 11.3. The van der Waals surface area contributed by atoms with Gasteiger partial charge in [0.1, 0.15) is 4.88 Å². The van der Waals surface area contributed by atoms with E-state index in [9.17, 15) is 4.79 Å². The Balaban J connectivity index is 1.85. The van der Waals surface area contributed by atoms with Gasteiger partial charge < -0.3 is 11.1 Å². The van der Waals surface area contributed by atoms with Crippen molar-refractivity contribution in [2.24, 2.45) is 5.73 Å². The molecule has 1 aromatic rings. The number of hydrogen-bond acceptors (Lipinski definition) is 4. The molecule has 0 saturated carbocycles. The minimum absolute atomic E-state index is 0.0686. The first-order valence-electron chi connectivity index (χ1n) is 6.52. The van der Waals surface area contributed by atoms with Crippen LogP contribution in [0.1, 0.15) is 28.1 Å². The minimum Gasteiger partial charge on any atom is -0.392 e. The number of nitrogens with zero attached hydrogens (tertiary/aromatic N) is 1. The average Bonchev–Trinajstić information content (AvgIpc) is 2.72. The van der Waals surface area contributed by atoms with Crippen LogP contribution in [-0.4, -0.2) is 41.5 Å². The molecule has 1 fully saturated rings. The van der Waals surface area contributed by atoms with E-state index in [0.29, 0.717) is 21.4 Å². The minimum atomic E-state index is -0.0686. The van der Waals surface area contributed by atoms with Crippen LogP contribution in [0.15, 0.2) is 5.38 Å². The van der Waals surface area contributed by atoms with Crippen LogP contribution in [0.25, 0.3) is 0 Å². The summed E-state index contributed by atoms with van der Waals surface area (Å²) in [4.78, 5) is 15.5. The number of carbonyl (C=O) groups is 1. The van der Waals surface area contributed by atoms with Crippen molar-refractivity contribution in [1.29, 1.82) is 0 Å². The lowest BCUT2D eigenvalue weighted by Crippen LogP contribution is -2.46. The molecule has 1 amide bonds. The zero-order valence-corrected chi connectivity index (χ0v) is 13.7. The number of aryl methyl sites for hydroxylation is 1. The summed E-state index contributed by atoms with van der Waals surface area (Å²) in [6.07, 6.45) is 1.83. The van der Waals surface area contributed by atoms with E-state index in [0.717, 1.165) is 31.5 Å². The smallest absolute Gasteiger partial charge is 0.263 e. The first-order chi connectivity index (χ1) is 9.47. The van der Waals surface area contributed by atoms with E-state index in [1.165, 1.54) is 11.3 Å². The highest BCUT2D eigenvalue weighted by Crippen LogP contribution is 2.27. The molecule has 0 unspecified atom stereocenters. The van der Waals surface area contributed by atoms with Gasteiger partial charge in [0.15, 0.2) is 0 Å². The summed E-state index contributed by atoms with van der Waals surface area (Å²) in [7, 11) is 0.